The van der Waals surface area contributed by atoms with E-state index in [0.717, 1.165) is 36.6 Å². The molecule has 28 heavy (non-hydrogen) atoms. The molecule has 0 aromatic carbocycles. The number of amides is 1. The molecular formula is C19H24BrClN4O3. The van der Waals surface area contributed by atoms with Crippen LogP contribution in [-0.4, -0.2) is 32.3 Å². The molecule has 1 N–H and O–H groups in total. The highest BCUT2D eigenvalue weighted by Gasteiger charge is 2.28. The van der Waals surface area contributed by atoms with Gasteiger partial charge in [-0.25, -0.2) is 9.78 Å². The first-order valence-corrected chi connectivity index (χ1v) is 10.5. The number of rotatable bonds is 2. The van der Waals surface area contributed by atoms with Crippen LogP contribution in [-0.2, 0) is 4.74 Å². The molecule has 1 aliphatic carbocycles. The third-order valence-corrected chi connectivity index (χ3v) is 6.01. The monoisotopic (exact) mass is 470 g/mol. The Labute approximate surface area is 177 Å². The summed E-state index contributed by atoms with van der Waals surface area (Å²) in [6, 6.07) is 0.00900. The van der Waals surface area contributed by atoms with Crippen molar-refractivity contribution in [2.75, 3.05) is 0 Å². The Morgan fingerprint density at radius 3 is 2.57 bits per heavy atom. The molecule has 7 nitrogen and oxygen atoms in total. The van der Waals surface area contributed by atoms with Gasteiger partial charge in [-0.1, -0.05) is 0 Å². The second-order valence-corrected chi connectivity index (χ2v) is 9.27. The van der Waals surface area contributed by atoms with E-state index < -0.39 is 11.7 Å². The van der Waals surface area contributed by atoms with Crippen LogP contribution in [0.15, 0.2) is 15.5 Å². The van der Waals surface area contributed by atoms with Crippen LogP contribution >= 0.6 is 27.5 Å². The highest BCUT2D eigenvalue weighted by molar-refractivity contribution is 9.10. The molecule has 1 saturated carbocycles. The van der Waals surface area contributed by atoms with Crippen LogP contribution in [0, 0.1) is 6.92 Å². The molecule has 1 fully saturated rings. The summed E-state index contributed by atoms with van der Waals surface area (Å²) in [5.41, 5.74) is 0.700. The minimum absolute atomic E-state index is 0.0189. The summed E-state index contributed by atoms with van der Waals surface area (Å²) in [6.07, 6.45) is 4.23. The van der Waals surface area contributed by atoms with Crippen molar-refractivity contribution in [2.24, 2.45) is 0 Å². The largest absolute Gasteiger partial charge is 0.444 e. The Kier molecular flexibility index (Phi) is 6.00. The molecule has 0 saturated heterocycles. The van der Waals surface area contributed by atoms with Crippen molar-refractivity contribution >= 4 is 44.7 Å². The van der Waals surface area contributed by atoms with E-state index in [9.17, 15) is 9.59 Å². The number of ether oxygens (including phenoxy) is 1. The Bertz CT molecular complexity index is 962. The van der Waals surface area contributed by atoms with Crippen molar-refractivity contribution < 1.29 is 9.53 Å². The van der Waals surface area contributed by atoms with Crippen molar-refractivity contribution in [1.29, 1.82) is 0 Å². The summed E-state index contributed by atoms with van der Waals surface area (Å²) >= 11 is 9.41. The number of hydrogen-bond acceptors (Lipinski definition) is 5. The summed E-state index contributed by atoms with van der Waals surface area (Å²) < 4.78 is 7.55. The molecule has 3 rings (SSSR count). The average Bonchev–Trinajstić information content (AvgIpc) is 2.59. The maximum Gasteiger partial charge on any atom is 0.407 e. The van der Waals surface area contributed by atoms with Crippen molar-refractivity contribution in [2.45, 2.75) is 71.1 Å². The number of pyridine rings is 1. The van der Waals surface area contributed by atoms with E-state index in [-0.39, 0.29) is 22.9 Å². The molecule has 0 spiro atoms. The van der Waals surface area contributed by atoms with Crippen LogP contribution in [0.5, 0.6) is 0 Å². The molecule has 9 heteroatoms. The second kappa shape index (κ2) is 7.99. The number of fused-ring (bicyclic) bond motifs is 1. The van der Waals surface area contributed by atoms with Crippen molar-refractivity contribution in [3.63, 3.8) is 0 Å². The molecule has 0 bridgehead atoms. The lowest BCUT2D eigenvalue weighted by atomic mass is 9.90. The molecule has 0 radical (unpaired) electrons. The molecule has 2 aromatic heterocycles. The van der Waals surface area contributed by atoms with Gasteiger partial charge in [0.25, 0.3) is 5.56 Å². The van der Waals surface area contributed by atoms with E-state index in [1.165, 1.54) is 0 Å². The van der Waals surface area contributed by atoms with Gasteiger partial charge in [-0.15, -0.1) is 0 Å². The number of hydrogen-bond donors (Lipinski definition) is 1. The lowest BCUT2D eigenvalue weighted by molar-refractivity contribution is 0.0488. The molecule has 2 heterocycles. The van der Waals surface area contributed by atoms with Crippen LogP contribution < -0.4 is 10.9 Å². The van der Waals surface area contributed by atoms with E-state index in [0.29, 0.717) is 10.1 Å². The number of carbonyl (C=O) groups excluding carboxylic acids is 1. The molecule has 0 atom stereocenters. The van der Waals surface area contributed by atoms with E-state index in [1.807, 2.05) is 27.7 Å². The first kappa shape index (κ1) is 21.0. The molecule has 152 valence electrons. The van der Waals surface area contributed by atoms with Gasteiger partial charge in [0.1, 0.15) is 11.2 Å². The Morgan fingerprint density at radius 1 is 1.32 bits per heavy atom. The van der Waals surface area contributed by atoms with Gasteiger partial charge in [0.15, 0.2) is 0 Å². The fraction of sp³-hybridized carbons (Fsp3) is 0.579. The predicted molar refractivity (Wildman–Crippen MR) is 112 cm³/mol. The van der Waals surface area contributed by atoms with Crippen LogP contribution in [0.1, 0.15) is 58.1 Å². The van der Waals surface area contributed by atoms with Crippen molar-refractivity contribution in [3.8, 4) is 0 Å². The lowest BCUT2D eigenvalue weighted by Gasteiger charge is -2.31. The fourth-order valence-corrected chi connectivity index (χ4v) is 4.11. The maximum atomic E-state index is 13.0. The SMILES string of the molecule is Cc1c(Br)c(=O)n([C@H]2CC[C@H](NC(=O)OC(C)(C)C)CC2)c2nc(Cl)ncc12. The number of carbonyl (C=O) groups is 1. The smallest absolute Gasteiger partial charge is 0.407 e. The third kappa shape index (κ3) is 4.49. The number of nitrogens with one attached hydrogen (secondary N) is 1. The number of aryl methyl sites for hydroxylation is 1. The van der Waals surface area contributed by atoms with Gasteiger partial charge in [0.05, 0.1) is 4.47 Å². The van der Waals surface area contributed by atoms with E-state index in [1.54, 1.807) is 10.8 Å². The van der Waals surface area contributed by atoms with E-state index in [4.69, 9.17) is 16.3 Å². The quantitative estimate of drug-likeness (QED) is 0.651. The molecule has 1 amide bonds. The Hall–Kier alpha value is -1.67. The zero-order chi connectivity index (χ0) is 20.6. The van der Waals surface area contributed by atoms with Crippen LogP contribution in [0.4, 0.5) is 4.79 Å². The minimum atomic E-state index is -0.527. The van der Waals surface area contributed by atoms with Gasteiger partial charge >= 0.3 is 6.09 Å². The number of alkyl carbamates (subject to hydrolysis) is 1. The van der Waals surface area contributed by atoms with E-state index >= 15 is 0 Å². The van der Waals surface area contributed by atoms with E-state index in [2.05, 4.69) is 31.2 Å². The topological polar surface area (TPSA) is 86.1 Å². The first-order valence-electron chi connectivity index (χ1n) is 9.29. The first-order chi connectivity index (χ1) is 13.1. The Balaban J connectivity index is 1.81. The van der Waals surface area contributed by atoms with Gasteiger partial charge in [-0.3, -0.25) is 9.36 Å². The van der Waals surface area contributed by atoms with Gasteiger partial charge < -0.3 is 10.1 Å². The van der Waals surface area contributed by atoms with Crippen LogP contribution in [0.25, 0.3) is 11.0 Å². The predicted octanol–water partition coefficient (Wildman–Crippen LogP) is 4.52. The van der Waals surface area contributed by atoms with Gasteiger partial charge in [-0.05, 0) is 86.5 Å². The average molecular weight is 472 g/mol. The lowest BCUT2D eigenvalue weighted by Crippen LogP contribution is -2.42. The molecule has 0 aliphatic heterocycles. The van der Waals surface area contributed by atoms with Gasteiger partial charge in [0.2, 0.25) is 5.28 Å². The molecule has 0 unspecified atom stereocenters. The third-order valence-electron chi connectivity index (χ3n) is 4.89. The molecule has 1 aliphatic rings. The number of halogens is 2. The van der Waals surface area contributed by atoms with Crippen molar-refractivity contribution in [3.05, 3.63) is 31.9 Å². The summed E-state index contributed by atoms with van der Waals surface area (Å²) in [5.74, 6) is 0. The van der Waals surface area contributed by atoms with Gasteiger partial charge in [0, 0.05) is 23.7 Å². The second-order valence-electron chi connectivity index (χ2n) is 8.14. The Morgan fingerprint density at radius 2 is 1.96 bits per heavy atom. The summed E-state index contributed by atoms with van der Waals surface area (Å²) in [7, 11) is 0. The minimum Gasteiger partial charge on any atom is -0.444 e. The normalized spacial score (nSPS) is 20.2. The maximum absolute atomic E-state index is 13.0. The highest BCUT2D eigenvalue weighted by atomic mass is 79.9. The molecular weight excluding hydrogens is 448 g/mol. The molecule has 2 aromatic rings. The zero-order valence-corrected chi connectivity index (χ0v) is 18.7. The number of nitrogens with zero attached hydrogens (tertiary/aromatic N) is 3. The fourth-order valence-electron chi connectivity index (χ4n) is 3.57. The summed E-state index contributed by atoms with van der Waals surface area (Å²) in [4.78, 5) is 33.3. The van der Waals surface area contributed by atoms with Crippen LogP contribution in [0.3, 0.4) is 0 Å². The standard InChI is InChI=1S/C19H24BrClN4O3/c1-10-13-9-22-17(21)24-15(13)25(16(26)14(10)20)12-7-5-11(6-8-12)23-18(27)28-19(2,3)4/h9,11-12H,5-8H2,1-4H3,(H,23,27)/t11-,12-. The van der Waals surface area contributed by atoms with Crippen molar-refractivity contribution in [1.82, 2.24) is 19.9 Å². The summed E-state index contributed by atoms with van der Waals surface area (Å²) in [5, 5.41) is 3.83. The number of aromatic nitrogens is 3. The summed E-state index contributed by atoms with van der Waals surface area (Å²) in [6.45, 7) is 7.37. The van der Waals surface area contributed by atoms with Crippen LogP contribution in [0.2, 0.25) is 5.28 Å². The highest BCUT2D eigenvalue weighted by Crippen LogP contribution is 2.32. The zero-order valence-electron chi connectivity index (χ0n) is 16.4. The van der Waals surface area contributed by atoms with Gasteiger partial charge in [-0.2, -0.15) is 4.98 Å².